The molecule has 2 N–H and O–H groups in total. The van der Waals surface area contributed by atoms with Gasteiger partial charge in [-0.2, -0.15) is 0 Å². The molecule has 1 aromatic carbocycles. The Morgan fingerprint density at radius 3 is 2.33 bits per heavy atom. The third kappa shape index (κ3) is 6.30. The molecule has 1 aliphatic carbocycles. The summed E-state index contributed by atoms with van der Waals surface area (Å²) in [6.07, 6.45) is 7.89. The van der Waals surface area contributed by atoms with Crippen molar-refractivity contribution in [1.29, 1.82) is 0 Å². The average Bonchev–Trinajstić information content (AvgIpc) is 3.01. The lowest BCUT2D eigenvalue weighted by molar-refractivity contribution is -0.147. The maximum Gasteiger partial charge on any atom is 0.325 e. The number of rotatable bonds is 7. The van der Waals surface area contributed by atoms with Crippen LogP contribution in [0.5, 0.6) is 0 Å². The number of nitrogens with one attached hydrogen (secondary N) is 2. The van der Waals surface area contributed by atoms with Crippen molar-refractivity contribution in [3.05, 3.63) is 29.8 Å². The minimum atomic E-state index is -0.668. The Hall–Kier alpha value is -2.90. The minimum Gasteiger partial charge on any atom is -0.454 e. The van der Waals surface area contributed by atoms with E-state index in [-0.39, 0.29) is 31.0 Å². The highest BCUT2D eigenvalue weighted by molar-refractivity contribution is 5.98. The van der Waals surface area contributed by atoms with Crippen molar-refractivity contribution in [2.24, 2.45) is 0 Å². The summed E-state index contributed by atoms with van der Waals surface area (Å²) in [5.41, 5.74) is 1.14. The molecule has 8 heteroatoms. The number of hydrogen-bond acceptors (Lipinski definition) is 5. The van der Waals surface area contributed by atoms with Crippen LogP contribution in [-0.4, -0.2) is 49.4 Å². The second kappa shape index (κ2) is 10.8. The molecule has 0 atom stereocenters. The number of amides is 3. The zero-order chi connectivity index (χ0) is 21.3. The van der Waals surface area contributed by atoms with Gasteiger partial charge in [0.25, 0.3) is 11.8 Å². The highest BCUT2D eigenvalue weighted by Gasteiger charge is 2.22. The van der Waals surface area contributed by atoms with Crippen LogP contribution >= 0.6 is 0 Å². The molecule has 30 heavy (non-hydrogen) atoms. The van der Waals surface area contributed by atoms with E-state index in [2.05, 4.69) is 10.6 Å². The van der Waals surface area contributed by atoms with E-state index in [0.29, 0.717) is 18.5 Å². The van der Waals surface area contributed by atoms with Gasteiger partial charge in [-0.1, -0.05) is 25.7 Å². The largest absolute Gasteiger partial charge is 0.454 e. The van der Waals surface area contributed by atoms with Crippen LogP contribution in [0.25, 0.3) is 0 Å². The monoisotopic (exact) mass is 415 g/mol. The second-order valence-electron chi connectivity index (χ2n) is 7.80. The van der Waals surface area contributed by atoms with Crippen LogP contribution in [0.4, 0.5) is 5.69 Å². The van der Waals surface area contributed by atoms with Gasteiger partial charge in [-0.05, 0) is 43.5 Å². The topological polar surface area (TPSA) is 105 Å². The molecule has 2 fully saturated rings. The first-order valence-electron chi connectivity index (χ1n) is 10.7. The number of anilines is 1. The van der Waals surface area contributed by atoms with E-state index in [1.807, 2.05) is 0 Å². The highest BCUT2D eigenvalue weighted by atomic mass is 16.5. The standard InChI is InChI=1S/C22H29N3O5/c26-19(24-17-6-3-1-2-4-7-17)15-30-21(28)14-23-22(29)16-9-11-18(12-10-16)25-13-5-8-20(25)27/h9-12,17H,1-8,13-15H2,(H,23,29)(H,24,26). The number of carbonyl (C=O) groups excluding carboxylic acids is 4. The number of carbonyl (C=O) groups is 4. The number of nitrogens with zero attached hydrogens (tertiary/aromatic N) is 1. The van der Waals surface area contributed by atoms with Gasteiger partial charge >= 0.3 is 5.97 Å². The molecule has 1 aromatic rings. The third-order valence-electron chi connectivity index (χ3n) is 5.49. The van der Waals surface area contributed by atoms with Crippen molar-refractivity contribution in [2.45, 2.75) is 57.4 Å². The van der Waals surface area contributed by atoms with Gasteiger partial charge in [-0.3, -0.25) is 19.2 Å². The van der Waals surface area contributed by atoms with Gasteiger partial charge in [0.15, 0.2) is 6.61 Å². The summed E-state index contributed by atoms with van der Waals surface area (Å²) in [5.74, 6) is -1.32. The Morgan fingerprint density at radius 2 is 1.70 bits per heavy atom. The molecule has 2 aliphatic rings. The predicted octanol–water partition coefficient (Wildman–Crippen LogP) is 1.93. The minimum absolute atomic E-state index is 0.0815. The van der Waals surface area contributed by atoms with E-state index >= 15 is 0 Å². The average molecular weight is 415 g/mol. The normalized spacial score (nSPS) is 17.3. The van der Waals surface area contributed by atoms with Crippen LogP contribution < -0.4 is 15.5 Å². The quantitative estimate of drug-likeness (QED) is 0.523. The predicted molar refractivity (Wildman–Crippen MR) is 111 cm³/mol. The van der Waals surface area contributed by atoms with E-state index in [1.165, 1.54) is 12.8 Å². The van der Waals surface area contributed by atoms with E-state index in [1.54, 1.807) is 29.2 Å². The molecule has 3 amide bonds. The maximum atomic E-state index is 12.2. The van der Waals surface area contributed by atoms with E-state index in [9.17, 15) is 19.2 Å². The third-order valence-corrected chi connectivity index (χ3v) is 5.49. The summed E-state index contributed by atoms with van der Waals surface area (Å²) in [6, 6.07) is 6.81. The van der Waals surface area contributed by atoms with Crippen molar-refractivity contribution in [3.63, 3.8) is 0 Å². The summed E-state index contributed by atoms with van der Waals surface area (Å²) in [4.78, 5) is 49.4. The van der Waals surface area contributed by atoms with Crippen LogP contribution in [0.1, 0.15) is 61.7 Å². The summed E-state index contributed by atoms with van der Waals surface area (Å²) in [6.45, 7) is 0.0240. The Bertz CT molecular complexity index is 769. The van der Waals surface area contributed by atoms with Crippen molar-refractivity contribution in [3.8, 4) is 0 Å². The SMILES string of the molecule is O=C(COC(=O)CNC(=O)c1ccc(N2CCCC2=O)cc1)NC1CCCCCC1. The van der Waals surface area contributed by atoms with Crippen molar-refractivity contribution < 1.29 is 23.9 Å². The van der Waals surface area contributed by atoms with E-state index in [0.717, 1.165) is 37.8 Å². The molecule has 162 valence electrons. The van der Waals surface area contributed by atoms with Crippen LogP contribution in [0, 0.1) is 0 Å². The van der Waals surface area contributed by atoms with Crippen LogP contribution in [0.3, 0.4) is 0 Å². The molecule has 0 spiro atoms. The van der Waals surface area contributed by atoms with Gasteiger partial charge in [0.05, 0.1) is 0 Å². The molecule has 1 heterocycles. The zero-order valence-corrected chi connectivity index (χ0v) is 17.2. The second-order valence-corrected chi connectivity index (χ2v) is 7.80. The molecule has 0 bridgehead atoms. The molecule has 1 saturated carbocycles. The number of esters is 1. The fourth-order valence-electron chi connectivity index (χ4n) is 3.86. The molecule has 3 rings (SSSR count). The Morgan fingerprint density at radius 1 is 1.00 bits per heavy atom. The Balaban J connectivity index is 1.37. The molecule has 1 saturated heterocycles. The Labute approximate surface area is 176 Å². The molecule has 0 aromatic heterocycles. The first-order valence-corrected chi connectivity index (χ1v) is 10.7. The molecular weight excluding hydrogens is 386 g/mol. The summed E-state index contributed by atoms with van der Waals surface area (Å²) >= 11 is 0. The van der Waals surface area contributed by atoms with Gasteiger partial charge in [-0.15, -0.1) is 0 Å². The first kappa shape index (κ1) is 21.8. The fraction of sp³-hybridized carbons (Fsp3) is 0.545. The number of benzene rings is 1. The van der Waals surface area contributed by atoms with Crippen LogP contribution in [0.2, 0.25) is 0 Å². The number of hydrogen-bond donors (Lipinski definition) is 2. The summed E-state index contributed by atoms with van der Waals surface area (Å²) in [5, 5.41) is 5.39. The molecule has 8 nitrogen and oxygen atoms in total. The maximum absolute atomic E-state index is 12.2. The summed E-state index contributed by atoms with van der Waals surface area (Å²) in [7, 11) is 0. The first-order chi connectivity index (χ1) is 14.5. The van der Waals surface area contributed by atoms with Gasteiger partial charge in [0.1, 0.15) is 6.54 Å². The lowest BCUT2D eigenvalue weighted by Gasteiger charge is -2.16. The van der Waals surface area contributed by atoms with Gasteiger partial charge < -0.3 is 20.3 Å². The summed E-state index contributed by atoms with van der Waals surface area (Å²) < 4.78 is 4.95. The molecule has 0 radical (unpaired) electrons. The van der Waals surface area contributed by atoms with Gasteiger partial charge in [0, 0.05) is 30.3 Å². The highest BCUT2D eigenvalue weighted by Crippen LogP contribution is 2.21. The van der Waals surface area contributed by atoms with Crippen molar-refractivity contribution in [1.82, 2.24) is 10.6 Å². The lowest BCUT2D eigenvalue weighted by Crippen LogP contribution is -2.38. The molecule has 1 aliphatic heterocycles. The van der Waals surface area contributed by atoms with Crippen molar-refractivity contribution in [2.75, 3.05) is 24.6 Å². The van der Waals surface area contributed by atoms with Crippen LogP contribution in [-0.2, 0) is 19.1 Å². The zero-order valence-electron chi connectivity index (χ0n) is 17.2. The van der Waals surface area contributed by atoms with Crippen LogP contribution in [0.15, 0.2) is 24.3 Å². The smallest absolute Gasteiger partial charge is 0.325 e. The molecular formula is C22H29N3O5. The lowest BCUT2D eigenvalue weighted by atomic mass is 10.1. The van der Waals surface area contributed by atoms with E-state index in [4.69, 9.17) is 4.74 Å². The van der Waals surface area contributed by atoms with Crippen molar-refractivity contribution >= 4 is 29.4 Å². The van der Waals surface area contributed by atoms with Gasteiger partial charge in [0.2, 0.25) is 5.91 Å². The molecule has 0 unspecified atom stereocenters. The number of ether oxygens (including phenoxy) is 1. The fourth-order valence-corrected chi connectivity index (χ4v) is 3.86. The van der Waals surface area contributed by atoms with E-state index < -0.39 is 11.9 Å². The Kier molecular flexibility index (Phi) is 7.82. The van der Waals surface area contributed by atoms with Gasteiger partial charge in [-0.25, -0.2) is 0 Å².